The van der Waals surface area contributed by atoms with E-state index >= 15 is 0 Å². The van der Waals surface area contributed by atoms with Crippen LogP contribution in [0.3, 0.4) is 0 Å². The van der Waals surface area contributed by atoms with Crippen LogP contribution in [0.2, 0.25) is 0 Å². The van der Waals surface area contributed by atoms with Crippen molar-refractivity contribution in [3.05, 3.63) is 70.7 Å². The molecule has 1 heterocycles. The number of rotatable bonds is 7. The van der Waals surface area contributed by atoms with Gasteiger partial charge in [0.25, 0.3) is 0 Å². The molecular formula is C23H24F6N4O3. The fourth-order valence-electron chi connectivity index (χ4n) is 3.61. The number of nitrogens with one attached hydrogen (secondary N) is 3. The number of alkyl halides is 3. The second-order valence-electron chi connectivity index (χ2n) is 8.71. The van der Waals surface area contributed by atoms with Gasteiger partial charge in [-0.1, -0.05) is 26.0 Å². The first-order valence-corrected chi connectivity index (χ1v) is 10.5. The highest BCUT2D eigenvalue weighted by Crippen LogP contribution is 2.33. The number of halogens is 6. The van der Waals surface area contributed by atoms with Gasteiger partial charge in [-0.05, 0) is 23.8 Å². The lowest BCUT2D eigenvalue weighted by molar-refractivity contribution is -0.140. The first kappa shape index (κ1) is 26.9. The number of cyclic esters (lactones) is 1. The van der Waals surface area contributed by atoms with Gasteiger partial charge in [-0.3, -0.25) is 10.6 Å². The summed E-state index contributed by atoms with van der Waals surface area (Å²) in [5.74, 6) is -0.0852. The molecule has 0 aromatic heterocycles. The summed E-state index contributed by atoms with van der Waals surface area (Å²) in [5, 5.41) is 4.84. The standard InChI is InChI=1S/C23H22F6N4O3.H2/c1-22(2)10-36-21(35)20(22)31-9-16(33-30)18-14(24)7-12(8-15(18)25)32-17(34)6-11-4-3-5-13(19(11)26)23(27,28)29;/h3-5,7-9,20,31,33H,6,10,30H2,1-2H3,(H,32,34);1H/b16-9-;. The predicted molar refractivity (Wildman–Crippen MR) is 119 cm³/mol. The quantitative estimate of drug-likeness (QED) is 0.192. The van der Waals surface area contributed by atoms with E-state index in [-0.39, 0.29) is 19.4 Å². The number of benzene rings is 2. The van der Waals surface area contributed by atoms with Crippen LogP contribution in [0.25, 0.3) is 5.70 Å². The minimum atomic E-state index is -4.95. The highest BCUT2D eigenvalue weighted by Gasteiger charge is 2.43. The Hall–Kier alpha value is -3.74. The van der Waals surface area contributed by atoms with Crippen molar-refractivity contribution in [3.63, 3.8) is 0 Å². The van der Waals surface area contributed by atoms with Crippen LogP contribution in [0.1, 0.15) is 32.0 Å². The first-order valence-electron chi connectivity index (χ1n) is 10.5. The number of ether oxygens (including phenoxy) is 1. The van der Waals surface area contributed by atoms with Crippen LogP contribution in [0.5, 0.6) is 0 Å². The summed E-state index contributed by atoms with van der Waals surface area (Å²) in [6.07, 6.45) is -4.66. The number of hydrazine groups is 1. The van der Waals surface area contributed by atoms with Crippen LogP contribution in [0.4, 0.5) is 32.0 Å². The molecule has 2 aromatic rings. The van der Waals surface area contributed by atoms with Crippen molar-refractivity contribution < 1.29 is 42.1 Å². The normalized spacial score (nSPS) is 17.5. The smallest absolute Gasteiger partial charge is 0.419 e. The van der Waals surface area contributed by atoms with Crippen LogP contribution in [-0.2, 0) is 26.9 Å². The summed E-state index contributed by atoms with van der Waals surface area (Å²) in [6.45, 7) is 3.65. The van der Waals surface area contributed by atoms with Crippen molar-refractivity contribution in [2.24, 2.45) is 11.3 Å². The largest absolute Gasteiger partial charge is 0.463 e. The molecule has 1 saturated heterocycles. The molecule has 0 spiro atoms. The van der Waals surface area contributed by atoms with E-state index < -0.39 is 70.1 Å². The van der Waals surface area contributed by atoms with Gasteiger partial charge in [-0.25, -0.2) is 18.0 Å². The lowest BCUT2D eigenvalue weighted by Crippen LogP contribution is -2.41. The lowest BCUT2D eigenvalue weighted by Gasteiger charge is -2.22. The molecule has 1 unspecified atom stereocenters. The first-order chi connectivity index (χ1) is 16.7. The summed E-state index contributed by atoms with van der Waals surface area (Å²) in [6, 6.07) is 3.16. The van der Waals surface area contributed by atoms with Gasteiger partial charge in [0.2, 0.25) is 5.91 Å². The zero-order chi connectivity index (χ0) is 26.8. The highest BCUT2D eigenvalue weighted by atomic mass is 19.4. The number of amides is 1. The van der Waals surface area contributed by atoms with Crippen molar-refractivity contribution in [1.82, 2.24) is 10.7 Å². The summed E-state index contributed by atoms with van der Waals surface area (Å²) in [7, 11) is 0. The maximum absolute atomic E-state index is 14.8. The molecule has 1 aliphatic heterocycles. The molecule has 0 radical (unpaired) electrons. The van der Waals surface area contributed by atoms with Crippen LogP contribution in [0.15, 0.2) is 36.5 Å². The van der Waals surface area contributed by atoms with Crippen molar-refractivity contribution in [1.29, 1.82) is 0 Å². The molecule has 0 saturated carbocycles. The minimum absolute atomic E-state index is 0. The monoisotopic (exact) mass is 518 g/mol. The fraction of sp³-hybridized carbons (Fsp3) is 0.304. The topological polar surface area (TPSA) is 105 Å². The van der Waals surface area contributed by atoms with E-state index in [9.17, 15) is 35.9 Å². The number of carbonyl (C=O) groups is 2. The lowest BCUT2D eigenvalue weighted by atomic mass is 9.88. The van der Waals surface area contributed by atoms with Crippen LogP contribution >= 0.6 is 0 Å². The van der Waals surface area contributed by atoms with Crippen LogP contribution in [0, 0.1) is 22.9 Å². The molecule has 5 N–H and O–H groups in total. The van der Waals surface area contributed by atoms with Crippen molar-refractivity contribution in [3.8, 4) is 0 Å². The number of esters is 1. The molecule has 7 nitrogen and oxygen atoms in total. The second kappa shape index (κ2) is 10.1. The Balaban J connectivity index is 0.00000481. The highest BCUT2D eigenvalue weighted by molar-refractivity contribution is 5.92. The van der Waals surface area contributed by atoms with E-state index in [1.165, 1.54) is 0 Å². The average Bonchev–Trinajstić information content (AvgIpc) is 3.02. The molecule has 1 aliphatic rings. The third-order valence-corrected chi connectivity index (χ3v) is 5.48. The Kier molecular flexibility index (Phi) is 7.53. The third kappa shape index (κ3) is 5.73. The van der Waals surface area contributed by atoms with Gasteiger partial charge in [-0.15, -0.1) is 0 Å². The molecule has 196 valence electrons. The molecule has 1 atom stereocenters. The number of hydrogen-bond acceptors (Lipinski definition) is 6. The Bertz CT molecular complexity index is 1200. The van der Waals surface area contributed by atoms with Gasteiger partial charge in [0, 0.05) is 18.7 Å². The average molecular weight is 518 g/mol. The summed E-state index contributed by atoms with van der Waals surface area (Å²) in [4.78, 5) is 24.1. The third-order valence-electron chi connectivity index (χ3n) is 5.48. The molecule has 36 heavy (non-hydrogen) atoms. The molecule has 3 rings (SSSR count). The molecule has 13 heteroatoms. The molecular weight excluding hydrogens is 494 g/mol. The van der Waals surface area contributed by atoms with Crippen LogP contribution in [-0.4, -0.2) is 24.5 Å². The fourth-order valence-corrected chi connectivity index (χ4v) is 3.61. The van der Waals surface area contributed by atoms with E-state index in [2.05, 4.69) is 16.1 Å². The van der Waals surface area contributed by atoms with Gasteiger partial charge in [0.15, 0.2) is 0 Å². The molecule has 1 fully saturated rings. The summed E-state index contributed by atoms with van der Waals surface area (Å²) < 4.78 is 87.3. The SMILES string of the molecule is CC1(C)COC(=O)C1N/C=C(\NN)c1c(F)cc(NC(=O)Cc2cccc(C(F)(F)F)c2F)cc1F.[HH]. The Labute approximate surface area is 203 Å². The van der Waals surface area contributed by atoms with E-state index in [0.29, 0.717) is 6.07 Å². The van der Waals surface area contributed by atoms with Gasteiger partial charge >= 0.3 is 12.1 Å². The van der Waals surface area contributed by atoms with E-state index in [0.717, 1.165) is 30.5 Å². The molecule has 2 aromatic carbocycles. The number of nitrogens with two attached hydrogens (primary N) is 1. The van der Waals surface area contributed by atoms with Gasteiger partial charge in [0.1, 0.15) is 23.5 Å². The number of anilines is 1. The van der Waals surface area contributed by atoms with Crippen molar-refractivity contribution >= 4 is 23.3 Å². The number of hydrogen-bond donors (Lipinski definition) is 4. The Morgan fingerprint density at radius 1 is 1.22 bits per heavy atom. The maximum Gasteiger partial charge on any atom is 0.419 e. The van der Waals surface area contributed by atoms with Crippen molar-refractivity contribution in [2.45, 2.75) is 32.5 Å². The zero-order valence-corrected chi connectivity index (χ0v) is 19.0. The zero-order valence-electron chi connectivity index (χ0n) is 19.0. The Morgan fingerprint density at radius 3 is 2.39 bits per heavy atom. The molecule has 0 aliphatic carbocycles. The molecule has 0 bridgehead atoms. The maximum atomic E-state index is 14.8. The van der Waals surface area contributed by atoms with E-state index in [4.69, 9.17) is 10.6 Å². The van der Waals surface area contributed by atoms with E-state index in [1.807, 2.05) is 0 Å². The predicted octanol–water partition coefficient (Wildman–Crippen LogP) is 3.85. The second-order valence-corrected chi connectivity index (χ2v) is 8.71. The van der Waals surface area contributed by atoms with Crippen molar-refractivity contribution in [2.75, 3.05) is 11.9 Å². The van der Waals surface area contributed by atoms with Gasteiger partial charge in [-0.2, -0.15) is 13.2 Å². The van der Waals surface area contributed by atoms with Gasteiger partial charge in [0.05, 0.1) is 29.9 Å². The number of carbonyl (C=O) groups excluding carboxylic acids is 2. The van der Waals surface area contributed by atoms with Crippen LogP contribution < -0.4 is 21.9 Å². The van der Waals surface area contributed by atoms with E-state index in [1.54, 1.807) is 13.8 Å². The minimum Gasteiger partial charge on any atom is -0.463 e. The Morgan fingerprint density at radius 2 is 1.86 bits per heavy atom. The molecule has 1 amide bonds. The van der Waals surface area contributed by atoms with Gasteiger partial charge < -0.3 is 20.8 Å². The summed E-state index contributed by atoms with van der Waals surface area (Å²) in [5.41, 5.74) is -1.79. The summed E-state index contributed by atoms with van der Waals surface area (Å²) >= 11 is 0.